The SMILES string of the molecule is CC(=O)c1c(C)c2cnc(Nc3ccc(N(C=O)C[C@H]4CC[C@@H](C)N4)cn3)nc2n(C2CCCC2(F)F)c1=O. The van der Waals surface area contributed by atoms with Crippen LogP contribution in [0.3, 0.4) is 0 Å². The lowest BCUT2D eigenvalue weighted by Crippen LogP contribution is -2.38. The molecule has 1 unspecified atom stereocenters. The van der Waals surface area contributed by atoms with Gasteiger partial charge in [-0.15, -0.1) is 0 Å². The molecule has 10 nitrogen and oxygen atoms in total. The van der Waals surface area contributed by atoms with Gasteiger partial charge in [0.1, 0.15) is 17.5 Å². The maximum atomic E-state index is 14.8. The average Bonchev–Trinajstić information content (AvgIpc) is 3.46. The first-order chi connectivity index (χ1) is 18.6. The molecular weight excluding hydrogens is 508 g/mol. The summed E-state index contributed by atoms with van der Waals surface area (Å²) in [7, 11) is 0. The van der Waals surface area contributed by atoms with Gasteiger partial charge in [-0.2, -0.15) is 4.98 Å². The number of hydrogen-bond donors (Lipinski definition) is 2. The average molecular weight is 540 g/mol. The Bertz CT molecular complexity index is 1470. The molecule has 0 aromatic carbocycles. The molecule has 3 atom stereocenters. The van der Waals surface area contributed by atoms with E-state index in [0.29, 0.717) is 35.0 Å². The third kappa shape index (κ3) is 5.12. The number of pyridine rings is 2. The highest BCUT2D eigenvalue weighted by molar-refractivity contribution is 5.99. The summed E-state index contributed by atoms with van der Waals surface area (Å²) < 4.78 is 30.6. The Balaban J connectivity index is 1.46. The van der Waals surface area contributed by atoms with E-state index >= 15 is 0 Å². The third-order valence-corrected chi connectivity index (χ3v) is 7.68. The number of fused-ring (bicyclic) bond motifs is 1. The second kappa shape index (κ2) is 10.4. The van der Waals surface area contributed by atoms with Crippen molar-refractivity contribution in [3.8, 4) is 0 Å². The van der Waals surface area contributed by atoms with Gasteiger partial charge in [-0.1, -0.05) is 0 Å². The zero-order chi connectivity index (χ0) is 27.9. The second-order valence-corrected chi connectivity index (χ2v) is 10.5. The summed E-state index contributed by atoms with van der Waals surface area (Å²) in [5, 5.41) is 6.76. The second-order valence-electron chi connectivity index (χ2n) is 10.5. The van der Waals surface area contributed by atoms with Gasteiger partial charge in [-0.3, -0.25) is 19.0 Å². The Labute approximate surface area is 223 Å². The summed E-state index contributed by atoms with van der Waals surface area (Å²) in [6, 6.07) is 2.63. The van der Waals surface area contributed by atoms with Gasteiger partial charge in [-0.25, -0.2) is 18.7 Å². The predicted molar refractivity (Wildman–Crippen MR) is 143 cm³/mol. The lowest BCUT2D eigenvalue weighted by atomic mass is 10.0. The molecule has 0 bridgehead atoms. The number of halogens is 2. The summed E-state index contributed by atoms with van der Waals surface area (Å²) in [5.74, 6) is -3.17. The monoisotopic (exact) mass is 539 g/mol. The smallest absolute Gasteiger partial charge is 0.268 e. The summed E-state index contributed by atoms with van der Waals surface area (Å²) >= 11 is 0. The normalized spacial score (nSPS) is 22.2. The fourth-order valence-electron chi connectivity index (χ4n) is 5.68. The van der Waals surface area contributed by atoms with Crippen molar-refractivity contribution in [1.29, 1.82) is 0 Å². The number of alkyl halides is 2. The Kier molecular flexibility index (Phi) is 7.15. The molecule has 3 aromatic rings. The largest absolute Gasteiger partial charge is 0.312 e. The molecule has 2 fully saturated rings. The molecule has 1 aliphatic heterocycles. The standard InChI is InChI=1S/C27H31F2N7O3/c1-15-6-7-18(32-15)13-35(14-37)19-8-9-22(30-11-19)33-26-31-12-20-16(2)23(17(3)38)25(39)36(24(20)34-26)21-5-4-10-27(21,28)29/h8-9,11-12,14-15,18,21,32H,4-7,10,13H2,1-3H3,(H,30,31,33,34)/t15-,18-,21?/m1/s1. The van der Waals surface area contributed by atoms with Gasteiger partial charge >= 0.3 is 0 Å². The number of nitrogens with one attached hydrogen (secondary N) is 2. The lowest BCUT2D eigenvalue weighted by molar-refractivity contribution is -0.107. The molecule has 5 rings (SSSR count). The van der Waals surface area contributed by atoms with Crippen LogP contribution in [0.1, 0.15) is 67.9 Å². The van der Waals surface area contributed by atoms with Crippen LogP contribution in [-0.2, 0) is 4.79 Å². The number of aromatic nitrogens is 4. The molecule has 4 heterocycles. The van der Waals surface area contributed by atoms with Crippen LogP contribution in [0.5, 0.6) is 0 Å². The number of hydrogen-bond acceptors (Lipinski definition) is 8. The number of amides is 1. The first kappa shape index (κ1) is 26.8. The molecular formula is C27H31F2N7O3. The lowest BCUT2D eigenvalue weighted by Gasteiger charge is -2.24. The van der Waals surface area contributed by atoms with Crippen molar-refractivity contribution in [3.05, 3.63) is 46.0 Å². The third-order valence-electron chi connectivity index (χ3n) is 7.68. The first-order valence-electron chi connectivity index (χ1n) is 13.1. The van der Waals surface area contributed by atoms with Crippen molar-refractivity contribution in [3.63, 3.8) is 0 Å². The number of nitrogens with zero attached hydrogens (tertiary/aromatic N) is 5. The molecule has 1 amide bonds. The fraction of sp³-hybridized carbons (Fsp3) is 0.481. The van der Waals surface area contributed by atoms with Gasteiger partial charge in [0.2, 0.25) is 12.4 Å². The van der Waals surface area contributed by atoms with E-state index in [1.54, 1.807) is 30.2 Å². The van der Waals surface area contributed by atoms with E-state index in [1.165, 1.54) is 13.1 Å². The van der Waals surface area contributed by atoms with Gasteiger partial charge in [0.05, 0.1) is 17.4 Å². The highest BCUT2D eigenvalue weighted by Gasteiger charge is 2.46. The number of rotatable bonds is 8. The van der Waals surface area contributed by atoms with E-state index in [9.17, 15) is 23.2 Å². The number of ketones is 1. The summed E-state index contributed by atoms with van der Waals surface area (Å²) in [6.45, 7) is 5.48. The van der Waals surface area contributed by atoms with Crippen molar-refractivity contribution in [2.45, 2.75) is 76.9 Å². The van der Waals surface area contributed by atoms with Crippen LogP contribution in [0.2, 0.25) is 0 Å². The zero-order valence-corrected chi connectivity index (χ0v) is 22.1. The summed E-state index contributed by atoms with van der Waals surface area (Å²) in [4.78, 5) is 52.0. The van der Waals surface area contributed by atoms with Crippen LogP contribution in [0.25, 0.3) is 11.0 Å². The van der Waals surface area contributed by atoms with Gasteiger partial charge < -0.3 is 15.5 Å². The van der Waals surface area contributed by atoms with Crippen molar-refractivity contribution in [1.82, 2.24) is 24.8 Å². The first-order valence-corrected chi connectivity index (χ1v) is 13.1. The quantitative estimate of drug-likeness (QED) is 0.327. The molecule has 0 radical (unpaired) electrons. The Morgan fingerprint density at radius 3 is 2.64 bits per heavy atom. The van der Waals surface area contributed by atoms with Gasteiger partial charge in [0.15, 0.2) is 5.78 Å². The molecule has 2 aliphatic rings. The van der Waals surface area contributed by atoms with E-state index in [2.05, 4.69) is 32.5 Å². The molecule has 206 valence electrons. The van der Waals surface area contributed by atoms with Crippen molar-refractivity contribution in [2.24, 2.45) is 0 Å². The molecule has 3 aromatic heterocycles. The van der Waals surface area contributed by atoms with Crippen molar-refractivity contribution < 1.29 is 18.4 Å². The molecule has 0 spiro atoms. The topological polar surface area (TPSA) is 122 Å². The molecule has 1 aliphatic carbocycles. The number of carbonyl (C=O) groups is 2. The van der Waals surface area contributed by atoms with Gasteiger partial charge in [-0.05, 0) is 64.2 Å². The fourth-order valence-corrected chi connectivity index (χ4v) is 5.68. The van der Waals surface area contributed by atoms with Crippen LogP contribution in [0.4, 0.5) is 26.2 Å². The zero-order valence-electron chi connectivity index (χ0n) is 22.1. The Morgan fingerprint density at radius 2 is 2.05 bits per heavy atom. The van der Waals surface area contributed by atoms with Crippen LogP contribution in [0, 0.1) is 6.92 Å². The van der Waals surface area contributed by atoms with E-state index in [0.717, 1.165) is 23.8 Å². The van der Waals surface area contributed by atoms with E-state index in [1.807, 2.05) is 0 Å². The minimum absolute atomic E-state index is 0.0358. The number of carbonyl (C=O) groups excluding carboxylic acids is 2. The van der Waals surface area contributed by atoms with Crippen LogP contribution >= 0.6 is 0 Å². The van der Waals surface area contributed by atoms with Crippen molar-refractivity contribution >= 4 is 40.7 Å². The predicted octanol–water partition coefficient (Wildman–Crippen LogP) is 3.90. The van der Waals surface area contributed by atoms with Crippen molar-refractivity contribution in [2.75, 3.05) is 16.8 Å². The van der Waals surface area contributed by atoms with Gasteiger partial charge in [0.25, 0.3) is 11.5 Å². The van der Waals surface area contributed by atoms with E-state index in [4.69, 9.17) is 0 Å². The molecule has 12 heteroatoms. The molecule has 1 saturated heterocycles. The Morgan fingerprint density at radius 1 is 1.26 bits per heavy atom. The summed E-state index contributed by atoms with van der Waals surface area (Å²) in [6.07, 6.45) is 5.82. The minimum atomic E-state index is -3.10. The highest BCUT2D eigenvalue weighted by atomic mass is 19.3. The summed E-state index contributed by atoms with van der Waals surface area (Å²) in [5.41, 5.74) is 0.115. The maximum absolute atomic E-state index is 14.8. The number of Topliss-reactive ketones (excluding diaryl/α,β-unsaturated/α-hetero) is 1. The van der Waals surface area contributed by atoms with Crippen LogP contribution in [-0.4, -0.2) is 56.3 Å². The van der Waals surface area contributed by atoms with Crippen LogP contribution in [0.15, 0.2) is 29.3 Å². The van der Waals surface area contributed by atoms with E-state index < -0.39 is 23.3 Å². The molecule has 1 saturated carbocycles. The number of anilines is 3. The van der Waals surface area contributed by atoms with Gasteiger partial charge in [0, 0.05) is 36.6 Å². The maximum Gasteiger partial charge on any atom is 0.268 e. The number of aryl methyl sites for hydroxylation is 1. The molecule has 2 N–H and O–H groups in total. The highest BCUT2D eigenvalue weighted by Crippen LogP contribution is 2.44. The van der Waals surface area contributed by atoms with E-state index in [-0.39, 0.29) is 42.5 Å². The Hall–Kier alpha value is -3.80. The van der Waals surface area contributed by atoms with Crippen LogP contribution < -0.4 is 21.1 Å². The minimum Gasteiger partial charge on any atom is -0.312 e. The molecule has 39 heavy (non-hydrogen) atoms.